The molecule has 0 bridgehead atoms. The fraction of sp³-hybridized carbons (Fsp3) is 0.625. The van der Waals surface area contributed by atoms with E-state index in [0.29, 0.717) is 6.61 Å². The van der Waals surface area contributed by atoms with Crippen molar-refractivity contribution in [2.24, 2.45) is 0 Å². The first kappa shape index (κ1) is 16.8. The van der Waals surface area contributed by atoms with Crippen molar-refractivity contribution in [3.63, 3.8) is 0 Å². The van der Waals surface area contributed by atoms with Gasteiger partial charge in [0.1, 0.15) is 0 Å². The van der Waals surface area contributed by atoms with Crippen molar-refractivity contribution in [3.8, 4) is 11.5 Å². The Bertz CT molecular complexity index is 405. The highest BCUT2D eigenvalue weighted by atomic mass is 16.5. The molecule has 0 radical (unpaired) electrons. The van der Waals surface area contributed by atoms with Crippen LogP contribution in [0.3, 0.4) is 0 Å². The number of hydrogen-bond donors (Lipinski definition) is 1. The van der Waals surface area contributed by atoms with E-state index in [2.05, 4.69) is 18.3 Å². The molecule has 0 unspecified atom stereocenters. The van der Waals surface area contributed by atoms with Crippen molar-refractivity contribution in [3.05, 3.63) is 23.8 Å². The molecule has 0 saturated carbocycles. The monoisotopic (exact) mass is 281 g/mol. The minimum Gasteiger partial charge on any atom is -0.493 e. The quantitative estimate of drug-likeness (QED) is 0.755. The molecular weight excluding hydrogens is 254 g/mol. The van der Waals surface area contributed by atoms with Gasteiger partial charge >= 0.3 is 0 Å². The van der Waals surface area contributed by atoms with Crippen LogP contribution in [-0.2, 0) is 11.3 Å². The standard InChI is InChI=1S/C16H27NO3/c1-6-17-12-13-7-8-14(15(11-13)18-4)20-10-9-16(2,3)19-5/h7-8,11,17H,6,9-10,12H2,1-5H3. The average molecular weight is 281 g/mol. The summed E-state index contributed by atoms with van der Waals surface area (Å²) in [5.41, 5.74) is 1.02. The second-order valence-corrected chi connectivity index (χ2v) is 5.33. The van der Waals surface area contributed by atoms with Crippen LogP contribution in [0, 0.1) is 0 Å². The van der Waals surface area contributed by atoms with E-state index >= 15 is 0 Å². The van der Waals surface area contributed by atoms with Crippen molar-refractivity contribution in [2.75, 3.05) is 27.4 Å². The highest BCUT2D eigenvalue weighted by Gasteiger charge is 2.16. The molecule has 0 atom stereocenters. The topological polar surface area (TPSA) is 39.7 Å². The minimum atomic E-state index is -0.168. The second-order valence-electron chi connectivity index (χ2n) is 5.33. The lowest BCUT2D eigenvalue weighted by Gasteiger charge is -2.23. The summed E-state index contributed by atoms with van der Waals surface area (Å²) < 4.78 is 16.6. The number of hydrogen-bond acceptors (Lipinski definition) is 4. The van der Waals surface area contributed by atoms with E-state index in [1.165, 1.54) is 5.56 Å². The van der Waals surface area contributed by atoms with E-state index in [1.54, 1.807) is 14.2 Å². The van der Waals surface area contributed by atoms with Crippen LogP contribution in [-0.4, -0.2) is 33.0 Å². The van der Waals surface area contributed by atoms with Crippen LogP contribution in [0.4, 0.5) is 0 Å². The second kappa shape index (κ2) is 8.12. The molecule has 4 heteroatoms. The molecule has 0 spiro atoms. The predicted molar refractivity (Wildman–Crippen MR) is 81.6 cm³/mol. The summed E-state index contributed by atoms with van der Waals surface area (Å²) >= 11 is 0. The van der Waals surface area contributed by atoms with E-state index in [1.807, 2.05) is 26.0 Å². The summed E-state index contributed by atoms with van der Waals surface area (Å²) in [5.74, 6) is 1.55. The van der Waals surface area contributed by atoms with Gasteiger partial charge in [0.2, 0.25) is 0 Å². The molecule has 0 amide bonds. The summed E-state index contributed by atoms with van der Waals surface area (Å²) in [6.45, 7) is 8.58. The molecule has 0 fully saturated rings. The first-order valence-corrected chi connectivity index (χ1v) is 7.08. The molecule has 1 aromatic rings. The van der Waals surface area contributed by atoms with Gasteiger partial charge in [0, 0.05) is 20.1 Å². The third-order valence-corrected chi connectivity index (χ3v) is 3.32. The SMILES string of the molecule is CCNCc1ccc(OCCC(C)(C)OC)c(OC)c1. The predicted octanol–water partition coefficient (Wildman–Crippen LogP) is 3.00. The Kier molecular flexibility index (Phi) is 6.82. The lowest BCUT2D eigenvalue weighted by Crippen LogP contribution is -2.25. The Morgan fingerprint density at radius 1 is 1.15 bits per heavy atom. The van der Waals surface area contributed by atoms with Crippen LogP contribution < -0.4 is 14.8 Å². The van der Waals surface area contributed by atoms with Gasteiger partial charge in [0.15, 0.2) is 11.5 Å². The van der Waals surface area contributed by atoms with Gasteiger partial charge in [0.25, 0.3) is 0 Å². The molecule has 1 rings (SSSR count). The third kappa shape index (κ3) is 5.39. The zero-order chi connectivity index (χ0) is 15.0. The smallest absolute Gasteiger partial charge is 0.161 e. The molecule has 0 aliphatic rings. The lowest BCUT2D eigenvalue weighted by molar-refractivity contribution is 0.00525. The van der Waals surface area contributed by atoms with Gasteiger partial charge in [0.05, 0.1) is 19.3 Å². The Labute approximate surface area is 122 Å². The maximum absolute atomic E-state index is 5.80. The number of rotatable bonds is 9. The first-order chi connectivity index (χ1) is 9.52. The van der Waals surface area contributed by atoms with E-state index in [4.69, 9.17) is 14.2 Å². The maximum atomic E-state index is 5.80. The van der Waals surface area contributed by atoms with Gasteiger partial charge in [-0.15, -0.1) is 0 Å². The van der Waals surface area contributed by atoms with Crippen molar-refractivity contribution in [1.29, 1.82) is 0 Å². The highest BCUT2D eigenvalue weighted by Crippen LogP contribution is 2.28. The highest BCUT2D eigenvalue weighted by molar-refractivity contribution is 5.42. The van der Waals surface area contributed by atoms with Crippen LogP contribution in [0.2, 0.25) is 0 Å². The van der Waals surface area contributed by atoms with Gasteiger partial charge in [-0.25, -0.2) is 0 Å². The molecule has 0 aliphatic heterocycles. The molecule has 4 nitrogen and oxygen atoms in total. The first-order valence-electron chi connectivity index (χ1n) is 7.08. The molecule has 0 aromatic heterocycles. The normalized spacial score (nSPS) is 11.4. The van der Waals surface area contributed by atoms with Crippen molar-refractivity contribution >= 4 is 0 Å². The van der Waals surface area contributed by atoms with Crippen molar-refractivity contribution in [2.45, 2.75) is 39.3 Å². The number of benzene rings is 1. The Morgan fingerprint density at radius 3 is 2.50 bits per heavy atom. The molecule has 1 N–H and O–H groups in total. The summed E-state index contributed by atoms with van der Waals surface area (Å²) in [6.07, 6.45) is 0.825. The number of methoxy groups -OCH3 is 2. The van der Waals surface area contributed by atoms with E-state index in [-0.39, 0.29) is 5.60 Å². The van der Waals surface area contributed by atoms with Crippen LogP contribution in [0.25, 0.3) is 0 Å². The van der Waals surface area contributed by atoms with E-state index in [9.17, 15) is 0 Å². The number of ether oxygens (including phenoxy) is 3. The summed E-state index contributed by atoms with van der Waals surface area (Å²) in [4.78, 5) is 0. The molecule has 0 heterocycles. The lowest BCUT2D eigenvalue weighted by atomic mass is 10.1. The summed E-state index contributed by atoms with van der Waals surface area (Å²) in [5, 5.41) is 3.29. The fourth-order valence-corrected chi connectivity index (χ4v) is 1.72. The molecule has 20 heavy (non-hydrogen) atoms. The van der Waals surface area contributed by atoms with Crippen molar-refractivity contribution in [1.82, 2.24) is 5.32 Å². The van der Waals surface area contributed by atoms with Gasteiger partial charge in [-0.3, -0.25) is 0 Å². The Morgan fingerprint density at radius 2 is 1.90 bits per heavy atom. The zero-order valence-electron chi connectivity index (χ0n) is 13.3. The van der Waals surface area contributed by atoms with Crippen LogP contribution in [0.15, 0.2) is 18.2 Å². The zero-order valence-corrected chi connectivity index (χ0v) is 13.3. The van der Waals surface area contributed by atoms with E-state index in [0.717, 1.165) is 31.0 Å². The van der Waals surface area contributed by atoms with Crippen LogP contribution in [0.1, 0.15) is 32.8 Å². The molecular formula is C16H27NO3. The molecule has 114 valence electrons. The van der Waals surface area contributed by atoms with E-state index < -0.39 is 0 Å². The summed E-state index contributed by atoms with van der Waals surface area (Å²) in [7, 11) is 3.38. The van der Waals surface area contributed by atoms with Crippen LogP contribution >= 0.6 is 0 Å². The largest absolute Gasteiger partial charge is 0.493 e. The fourth-order valence-electron chi connectivity index (χ4n) is 1.72. The molecule has 1 aromatic carbocycles. The van der Waals surface area contributed by atoms with Crippen LogP contribution in [0.5, 0.6) is 11.5 Å². The average Bonchev–Trinajstić information content (AvgIpc) is 2.45. The van der Waals surface area contributed by atoms with Gasteiger partial charge in [-0.2, -0.15) is 0 Å². The van der Waals surface area contributed by atoms with Gasteiger partial charge in [-0.1, -0.05) is 13.0 Å². The molecule has 0 saturated heterocycles. The Hall–Kier alpha value is -1.26. The Balaban J connectivity index is 2.61. The van der Waals surface area contributed by atoms with Gasteiger partial charge < -0.3 is 19.5 Å². The summed E-state index contributed by atoms with van der Waals surface area (Å²) in [6, 6.07) is 6.03. The minimum absolute atomic E-state index is 0.168. The maximum Gasteiger partial charge on any atom is 0.161 e. The molecule has 0 aliphatic carbocycles. The van der Waals surface area contributed by atoms with Gasteiger partial charge in [-0.05, 0) is 38.1 Å². The third-order valence-electron chi connectivity index (χ3n) is 3.32. The number of nitrogens with one attached hydrogen (secondary N) is 1. The van der Waals surface area contributed by atoms with Crippen molar-refractivity contribution < 1.29 is 14.2 Å².